The van der Waals surface area contributed by atoms with Gasteiger partial charge in [0.05, 0.1) is 10.5 Å². The van der Waals surface area contributed by atoms with Crippen molar-refractivity contribution in [2.75, 3.05) is 10.5 Å². The highest BCUT2D eigenvalue weighted by Gasteiger charge is 2.19. The molecule has 9 heteroatoms. The average Bonchev–Trinajstić information content (AvgIpc) is 2.75. The number of benzene rings is 3. The molecule has 0 aliphatic rings. The van der Waals surface area contributed by atoms with Crippen molar-refractivity contribution >= 4 is 33.3 Å². The molecule has 0 unspecified atom stereocenters. The van der Waals surface area contributed by atoms with Crippen molar-refractivity contribution in [2.45, 2.75) is 4.90 Å². The second-order valence-electron chi connectivity index (χ2n) is 6.49. The zero-order valence-electron chi connectivity index (χ0n) is 16.1. The molecule has 1 heterocycles. The summed E-state index contributed by atoms with van der Waals surface area (Å²) in [4.78, 5) is 8.46. The van der Waals surface area contributed by atoms with Gasteiger partial charge in [-0.2, -0.15) is 4.98 Å². The molecule has 0 radical (unpaired) electrons. The normalized spacial score (nSPS) is 11.1. The van der Waals surface area contributed by atoms with Crippen LogP contribution in [0.1, 0.15) is 0 Å². The largest absolute Gasteiger partial charge is 0.438 e. The Kier molecular flexibility index (Phi) is 5.75. The number of hydrogen-bond acceptors (Lipinski definition) is 6. The standard InChI is InChI=1S/C22H17ClN4O3S/c23-20-12-5-4-11-18(20)19-14-25-22(26-21(19)30-16-8-2-1-3-9-16)27-31(28,29)17-10-6-7-15(24)13-17/h1-14H,24H2,(H,25,26,27). The molecule has 4 aromatic rings. The van der Waals surface area contributed by atoms with Gasteiger partial charge in [0.1, 0.15) is 5.75 Å². The highest BCUT2D eigenvalue weighted by molar-refractivity contribution is 7.92. The number of nitrogens with one attached hydrogen (secondary N) is 1. The first kappa shape index (κ1) is 20.6. The lowest BCUT2D eigenvalue weighted by Crippen LogP contribution is -2.15. The number of aromatic nitrogens is 2. The van der Waals surface area contributed by atoms with Gasteiger partial charge in [0.15, 0.2) is 0 Å². The van der Waals surface area contributed by atoms with Crippen molar-refractivity contribution in [1.29, 1.82) is 0 Å². The number of rotatable bonds is 6. The molecule has 0 aliphatic heterocycles. The molecule has 0 amide bonds. The van der Waals surface area contributed by atoms with E-state index in [2.05, 4.69) is 14.7 Å². The molecule has 0 spiro atoms. The minimum absolute atomic E-state index is 0.00296. The van der Waals surface area contributed by atoms with E-state index in [9.17, 15) is 8.42 Å². The average molecular weight is 453 g/mol. The third kappa shape index (κ3) is 4.76. The Morgan fingerprint density at radius 2 is 1.65 bits per heavy atom. The van der Waals surface area contributed by atoms with Crippen LogP contribution in [0.5, 0.6) is 11.6 Å². The Hall–Kier alpha value is -3.62. The van der Waals surface area contributed by atoms with Crippen LogP contribution in [0.15, 0.2) is 90.0 Å². The first-order valence-corrected chi connectivity index (χ1v) is 11.0. The third-order valence-electron chi connectivity index (χ3n) is 4.27. The number of ether oxygens (including phenoxy) is 1. The smallest absolute Gasteiger partial charge is 0.264 e. The molecule has 0 saturated heterocycles. The van der Waals surface area contributed by atoms with Gasteiger partial charge < -0.3 is 10.5 Å². The fourth-order valence-corrected chi connectivity index (χ4v) is 4.06. The topological polar surface area (TPSA) is 107 Å². The van der Waals surface area contributed by atoms with Gasteiger partial charge in [-0.1, -0.05) is 54.1 Å². The molecule has 0 aliphatic carbocycles. The molecule has 31 heavy (non-hydrogen) atoms. The van der Waals surface area contributed by atoms with Crippen LogP contribution in [0.2, 0.25) is 5.02 Å². The number of nitrogens with two attached hydrogens (primary N) is 1. The lowest BCUT2D eigenvalue weighted by Gasteiger charge is -2.13. The Morgan fingerprint density at radius 1 is 0.903 bits per heavy atom. The first-order valence-electron chi connectivity index (χ1n) is 9.15. The fourth-order valence-electron chi connectivity index (χ4n) is 2.82. The van der Waals surface area contributed by atoms with Crippen LogP contribution >= 0.6 is 11.6 Å². The van der Waals surface area contributed by atoms with E-state index in [-0.39, 0.29) is 16.7 Å². The van der Waals surface area contributed by atoms with Crippen LogP contribution in [-0.2, 0) is 10.0 Å². The van der Waals surface area contributed by atoms with E-state index in [4.69, 9.17) is 22.1 Å². The van der Waals surface area contributed by atoms with Gasteiger partial charge in [-0.3, -0.25) is 0 Å². The molecule has 3 aromatic carbocycles. The van der Waals surface area contributed by atoms with Gasteiger partial charge in [-0.15, -0.1) is 0 Å². The predicted molar refractivity (Wildman–Crippen MR) is 121 cm³/mol. The quantitative estimate of drug-likeness (QED) is 0.400. The second-order valence-corrected chi connectivity index (χ2v) is 8.57. The summed E-state index contributed by atoms with van der Waals surface area (Å²) in [6.07, 6.45) is 1.46. The van der Waals surface area contributed by atoms with Gasteiger partial charge in [-0.25, -0.2) is 18.1 Å². The van der Waals surface area contributed by atoms with Crippen molar-refractivity contribution in [3.8, 4) is 22.8 Å². The summed E-state index contributed by atoms with van der Waals surface area (Å²) in [5.74, 6) is 0.530. The zero-order chi connectivity index (χ0) is 21.8. The number of sulfonamides is 1. The van der Waals surface area contributed by atoms with Crippen molar-refractivity contribution < 1.29 is 13.2 Å². The summed E-state index contributed by atoms with van der Waals surface area (Å²) in [7, 11) is -3.95. The van der Waals surface area contributed by atoms with Crippen molar-refractivity contribution in [3.63, 3.8) is 0 Å². The molecule has 1 aromatic heterocycles. The number of hydrogen-bond donors (Lipinski definition) is 2. The number of para-hydroxylation sites is 1. The molecule has 0 atom stereocenters. The minimum atomic E-state index is -3.95. The van der Waals surface area contributed by atoms with Crippen LogP contribution in [-0.4, -0.2) is 18.4 Å². The van der Waals surface area contributed by atoms with E-state index >= 15 is 0 Å². The van der Waals surface area contributed by atoms with Gasteiger partial charge in [0, 0.05) is 22.5 Å². The molecule has 0 saturated carbocycles. The SMILES string of the molecule is Nc1cccc(S(=O)(=O)Nc2ncc(-c3ccccc3Cl)c(Oc3ccccc3)n2)c1. The summed E-state index contributed by atoms with van der Waals surface area (Å²) >= 11 is 6.34. The number of nitrogens with zero attached hydrogens (tertiary/aromatic N) is 2. The van der Waals surface area contributed by atoms with Gasteiger partial charge >= 0.3 is 0 Å². The Morgan fingerprint density at radius 3 is 2.39 bits per heavy atom. The summed E-state index contributed by atoms with van der Waals surface area (Å²) in [6.45, 7) is 0. The summed E-state index contributed by atoms with van der Waals surface area (Å²) in [6, 6.07) is 22.1. The lowest BCUT2D eigenvalue weighted by atomic mass is 10.1. The van der Waals surface area contributed by atoms with E-state index in [0.29, 0.717) is 27.6 Å². The maximum atomic E-state index is 12.7. The van der Waals surface area contributed by atoms with Gasteiger partial charge in [0.2, 0.25) is 11.8 Å². The van der Waals surface area contributed by atoms with Gasteiger partial charge in [0.25, 0.3) is 10.0 Å². The highest BCUT2D eigenvalue weighted by atomic mass is 35.5. The van der Waals surface area contributed by atoms with Crippen LogP contribution in [0.4, 0.5) is 11.6 Å². The first-order chi connectivity index (χ1) is 14.9. The van der Waals surface area contributed by atoms with Crippen LogP contribution in [0.3, 0.4) is 0 Å². The van der Waals surface area contributed by atoms with Gasteiger partial charge in [-0.05, 0) is 36.4 Å². The predicted octanol–water partition coefficient (Wildman–Crippen LogP) is 4.97. The molecular formula is C22H17ClN4O3S. The van der Waals surface area contributed by atoms with Crippen molar-refractivity contribution in [2.24, 2.45) is 0 Å². The van der Waals surface area contributed by atoms with Crippen molar-refractivity contribution in [1.82, 2.24) is 9.97 Å². The Balaban J connectivity index is 1.75. The monoisotopic (exact) mass is 452 g/mol. The molecular weight excluding hydrogens is 436 g/mol. The number of nitrogen functional groups attached to an aromatic ring is 1. The summed E-state index contributed by atoms with van der Waals surface area (Å²) in [5, 5.41) is 0.483. The maximum absolute atomic E-state index is 12.7. The fraction of sp³-hybridized carbons (Fsp3) is 0. The van der Waals surface area contributed by atoms with Crippen LogP contribution in [0, 0.1) is 0 Å². The number of halogens is 1. The highest BCUT2D eigenvalue weighted by Crippen LogP contribution is 2.36. The van der Waals surface area contributed by atoms with E-state index in [0.717, 1.165) is 0 Å². The molecule has 0 bridgehead atoms. The Labute approximate surface area is 184 Å². The molecule has 7 nitrogen and oxygen atoms in total. The second kappa shape index (κ2) is 8.63. The van der Waals surface area contributed by atoms with E-state index in [1.54, 1.807) is 42.5 Å². The Bertz CT molecular complexity index is 1330. The zero-order valence-corrected chi connectivity index (χ0v) is 17.6. The van der Waals surface area contributed by atoms with E-state index in [1.807, 2.05) is 24.3 Å². The number of anilines is 2. The molecule has 3 N–H and O–H groups in total. The minimum Gasteiger partial charge on any atom is -0.438 e. The third-order valence-corrected chi connectivity index (χ3v) is 5.93. The summed E-state index contributed by atoms with van der Waals surface area (Å²) in [5.41, 5.74) is 7.19. The maximum Gasteiger partial charge on any atom is 0.264 e. The molecule has 0 fully saturated rings. The van der Waals surface area contributed by atoms with Crippen LogP contribution in [0.25, 0.3) is 11.1 Å². The van der Waals surface area contributed by atoms with Crippen molar-refractivity contribution in [3.05, 3.63) is 90.1 Å². The molecule has 4 rings (SSSR count). The lowest BCUT2D eigenvalue weighted by molar-refractivity contribution is 0.464. The summed E-state index contributed by atoms with van der Waals surface area (Å²) < 4.78 is 33.7. The molecule has 156 valence electrons. The van der Waals surface area contributed by atoms with E-state index < -0.39 is 10.0 Å². The van der Waals surface area contributed by atoms with E-state index in [1.165, 1.54) is 18.3 Å². The van der Waals surface area contributed by atoms with Crippen LogP contribution < -0.4 is 15.2 Å².